The first-order valence-electron chi connectivity index (χ1n) is 4.67. The minimum Gasteiger partial charge on any atom is -0.497 e. The van der Waals surface area contributed by atoms with Gasteiger partial charge in [-0.15, -0.1) is 0 Å². The summed E-state index contributed by atoms with van der Waals surface area (Å²) in [6, 6.07) is 5.09. The van der Waals surface area contributed by atoms with Gasteiger partial charge in [-0.2, -0.15) is 13.2 Å². The molecule has 0 aliphatic carbocycles. The van der Waals surface area contributed by atoms with Gasteiger partial charge < -0.3 is 9.63 Å². The average molecular weight is 268 g/mol. The Labute approximate surface area is 96.7 Å². The molecule has 0 aliphatic rings. The summed E-state index contributed by atoms with van der Waals surface area (Å²) in [5, 5.41) is 0. The van der Waals surface area contributed by atoms with Gasteiger partial charge in [0.05, 0.1) is 7.11 Å². The van der Waals surface area contributed by atoms with Crippen LogP contribution >= 0.6 is 7.37 Å². The summed E-state index contributed by atoms with van der Waals surface area (Å²) in [5.74, 6) is 0.213. The van der Waals surface area contributed by atoms with Gasteiger partial charge in [0.25, 0.3) is 0 Å². The van der Waals surface area contributed by atoms with E-state index < -0.39 is 19.2 Å². The lowest BCUT2D eigenvalue weighted by Gasteiger charge is -2.23. The highest BCUT2D eigenvalue weighted by atomic mass is 31.2. The molecular formula is C10H12F3O3P. The third-order valence-electron chi connectivity index (χ3n) is 2.20. The highest BCUT2D eigenvalue weighted by Gasteiger charge is 2.49. The van der Waals surface area contributed by atoms with Crippen molar-refractivity contribution in [2.24, 2.45) is 0 Å². The van der Waals surface area contributed by atoms with Crippen LogP contribution in [-0.2, 0) is 4.57 Å². The van der Waals surface area contributed by atoms with E-state index in [0.717, 1.165) is 12.1 Å². The summed E-state index contributed by atoms with van der Waals surface area (Å²) >= 11 is 0. The van der Waals surface area contributed by atoms with E-state index in [9.17, 15) is 22.6 Å². The second-order valence-corrected chi connectivity index (χ2v) is 6.07. The molecule has 0 amide bonds. The first-order chi connectivity index (χ1) is 7.66. The highest BCUT2D eigenvalue weighted by molar-refractivity contribution is 7.57. The lowest BCUT2D eigenvalue weighted by Crippen LogP contribution is -2.20. The van der Waals surface area contributed by atoms with E-state index in [-0.39, 0.29) is 11.3 Å². The fourth-order valence-corrected chi connectivity index (χ4v) is 2.81. The van der Waals surface area contributed by atoms with E-state index in [1.807, 2.05) is 0 Å². The zero-order valence-electron chi connectivity index (χ0n) is 9.23. The van der Waals surface area contributed by atoms with Crippen molar-refractivity contribution in [2.75, 3.05) is 13.8 Å². The predicted octanol–water partition coefficient (Wildman–Crippen LogP) is 3.20. The van der Waals surface area contributed by atoms with E-state index in [4.69, 9.17) is 4.74 Å². The standard InChI is InChI=1S/C10H12F3O3P/c1-16-8-5-3-4-7(6-8)9(10(11,12)13)17(2,14)15/h3-6,9H,1-2H3,(H,14,15). The Morgan fingerprint density at radius 1 is 1.41 bits per heavy atom. The number of methoxy groups -OCH3 is 1. The van der Waals surface area contributed by atoms with Gasteiger partial charge >= 0.3 is 6.18 Å². The summed E-state index contributed by atoms with van der Waals surface area (Å²) in [6.07, 6.45) is -4.77. The van der Waals surface area contributed by atoms with Gasteiger partial charge in [0.1, 0.15) is 5.75 Å². The molecule has 0 saturated heterocycles. The fourth-order valence-electron chi connectivity index (χ4n) is 1.55. The molecule has 1 aromatic carbocycles. The van der Waals surface area contributed by atoms with E-state index in [1.54, 1.807) is 0 Å². The number of rotatable bonds is 3. The molecule has 17 heavy (non-hydrogen) atoms. The topological polar surface area (TPSA) is 46.5 Å². The summed E-state index contributed by atoms with van der Waals surface area (Å²) < 4.78 is 54.4. The molecule has 0 aromatic heterocycles. The van der Waals surface area contributed by atoms with E-state index in [0.29, 0.717) is 6.66 Å². The number of ether oxygens (including phenoxy) is 1. The zero-order chi connectivity index (χ0) is 13.3. The maximum absolute atomic E-state index is 12.8. The first-order valence-corrected chi connectivity index (χ1v) is 6.84. The molecule has 0 fully saturated rings. The summed E-state index contributed by atoms with van der Waals surface area (Å²) in [7, 11) is -3.02. The maximum Gasteiger partial charge on any atom is 0.404 e. The van der Waals surface area contributed by atoms with Crippen molar-refractivity contribution < 1.29 is 27.4 Å². The Bertz CT molecular complexity index is 439. The molecular weight excluding hydrogens is 256 g/mol. The van der Waals surface area contributed by atoms with Crippen molar-refractivity contribution in [3.63, 3.8) is 0 Å². The Balaban J connectivity index is 3.28. The molecule has 1 aromatic rings. The Hall–Kier alpha value is -1.00. The Morgan fingerprint density at radius 3 is 2.41 bits per heavy atom. The largest absolute Gasteiger partial charge is 0.497 e. The monoisotopic (exact) mass is 268 g/mol. The molecule has 0 aliphatic heterocycles. The van der Waals surface area contributed by atoms with Crippen LogP contribution in [0, 0.1) is 0 Å². The molecule has 7 heteroatoms. The predicted molar refractivity (Wildman–Crippen MR) is 57.5 cm³/mol. The van der Waals surface area contributed by atoms with Gasteiger partial charge in [0.2, 0.25) is 7.37 Å². The molecule has 2 unspecified atom stereocenters. The molecule has 96 valence electrons. The number of hydrogen-bond donors (Lipinski definition) is 1. The molecule has 0 heterocycles. The average Bonchev–Trinajstić information content (AvgIpc) is 2.13. The molecule has 1 N–H and O–H groups in total. The van der Waals surface area contributed by atoms with Crippen molar-refractivity contribution in [1.82, 2.24) is 0 Å². The normalized spacial score (nSPS) is 17.3. The van der Waals surface area contributed by atoms with Gasteiger partial charge in [-0.05, 0) is 17.7 Å². The maximum atomic E-state index is 12.8. The molecule has 2 atom stereocenters. The Kier molecular flexibility index (Phi) is 3.89. The van der Waals surface area contributed by atoms with Crippen molar-refractivity contribution in [2.45, 2.75) is 11.8 Å². The summed E-state index contributed by atoms with van der Waals surface area (Å²) in [6.45, 7) is 0.699. The smallest absolute Gasteiger partial charge is 0.404 e. The van der Waals surface area contributed by atoms with Gasteiger partial charge in [0.15, 0.2) is 5.66 Å². The summed E-state index contributed by atoms with van der Waals surface area (Å²) in [5.41, 5.74) is -2.66. The van der Waals surface area contributed by atoms with Crippen LogP contribution in [0.3, 0.4) is 0 Å². The second kappa shape index (κ2) is 4.70. The highest BCUT2D eigenvalue weighted by Crippen LogP contribution is 2.60. The quantitative estimate of drug-likeness (QED) is 0.856. The molecule has 0 radical (unpaired) electrons. The second-order valence-electron chi connectivity index (χ2n) is 3.66. The SMILES string of the molecule is COc1cccc(C(C(F)(F)F)P(C)(=O)O)c1. The van der Waals surface area contributed by atoms with Gasteiger partial charge in [-0.25, -0.2) is 0 Å². The van der Waals surface area contributed by atoms with Crippen LogP contribution in [0.4, 0.5) is 13.2 Å². The van der Waals surface area contributed by atoms with Crippen molar-refractivity contribution >= 4 is 7.37 Å². The van der Waals surface area contributed by atoms with Crippen LogP contribution in [0.25, 0.3) is 0 Å². The van der Waals surface area contributed by atoms with Crippen LogP contribution in [0.1, 0.15) is 11.2 Å². The minimum absolute atomic E-state index is 0.213. The van der Waals surface area contributed by atoms with Gasteiger partial charge in [-0.1, -0.05) is 12.1 Å². The van der Waals surface area contributed by atoms with Crippen LogP contribution < -0.4 is 4.74 Å². The van der Waals surface area contributed by atoms with Crippen molar-refractivity contribution in [1.29, 1.82) is 0 Å². The Morgan fingerprint density at radius 2 is 2.00 bits per heavy atom. The molecule has 3 nitrogen and oxygen atoms in total. The van der Waals surface area contributed by atoms with Crippen LogP contribution in [0.5, 0.6) is 5.75 Å². The van der Waals surface area contributed by atoms with E-state index in [1.165, 1.54) is 19.2 Å². The minimum atomic E-state index is -4.77. The van der Waals surface area contributed by atoms with Crippen LogP contribution in [-0.4, -0.2) is 24.8 Å². The first kappa shape index (κ1) is 14.1. The fraction of sp³-hybridized carbons (Fsp3) is 0.400. The van der Waals surface area contributed by atoms with E-state index >= 15 is 0 Å². The van der Waals surface area contributed by atoms with Crippen LogP contribution in [0.2, 0.25) is 0 Å². The van der Waals surface area contributed by atoms with E-state index in [2.05, 4.69) is 0 Å². The van der Waals surface area contributed by atoms with Crippen molar-refractivity contribution in [3.8, 4) is 5.75 Å². The van der Waals surface area contributed by atoms with Gasteiger partial charge in [-0.3, -0.25) is 4.57 Å². The number of halogens is 3. The number of benzene rings is 1. The molecule has 0 spiro atoms. The lowest BCUT2D eigenvalue weighted by atomic mass is 10.1. The van der Waals surface area contributed by atoms with Crippen LogP contribution in [0.15, 0.2) is 24.3 Å². The molecule has 1 rings (SSSR count). The third kappa shape index (κ3) is 3.48. The zero-order valence-corrected chi connectivity index (χ0v) is 10.1. The third-order valence-corrected chi connectivity index (χ3v) is 3.75. The number of hydrogen-bond acceptors (Lipinski definition) is 2. The molecule has 0 saturated carbocycles. The lowest BCUT2D eigenvalue weighted by molar-refractivity contribution is -0.133. The molecule has 0 bridgehead atoms. The van der Waals surface area contributed by atoms with Crippen molar-refractivity contribution in [3.05, 3.63) is 29.8 Å². The summed E-state index contributed by atoms with van der Waals surface area (Å²) in [4.78, 5) is 9.22. The number of alkyl halides is 3. The van der Waals surface area contributed by atoms with Gasteiger partial charge in [0, 0.05) is 6.66 Å².